The van der Waals surface area contributed by atoms with E-state index in [-0.39, 0.29) is 0 Å². The number of carbonyl (C=O) groups is 3. The minimum atomic E-state index is -1.21. The lowest BCUT2D eigenvalue weighted by Gasteiger charge is -2.21. The molecular formula is C19H16FN3O3. The molecule has 1 atom stereocenters. The fourth-order valence-electron chi connectivity index (χ4n) is 2.61. The van der Waals surface area contributed by atoms with E-state index >= 15 is 0 Å². The van der Waals surface area contributed by atoms with Crippen LogP contribution in [0.5, 0.6) is 0 Å². The van der Waals surface area contributed by atoms with Crippen LogP contribution < -0.4 is 16.0 Å². The molecule has 2 aromatic rings. The zero-order valence-electron chi connectivity index (χ0n) is 13.9. The van der Waals surface area contributed by atoms with Gasteiger partial charge >= 0.3 is 6.03 Å². The van der Waals surface area contributed by atoms with Gasteiger partial charge in [0.1, 0.15) is 11.4 Å². The highest BCUT2D eigenvalue weighted by Gasteiger charge is 2.43. The monoisotopic (exact) mass is 353 g/mol. The fraction of sp³-hybridized carbons (Fsp3) is 0.105. The summed E-state index contributed by atoms with van der Waals surface area (Å²) in [5.41, 5.74) is 0.0627. The van der Waals surface area contributed by atoms with E-state index in [0.29, 0.717) is 16.8 Å². The SMILES string of the molecule is C[C@]1(c2cccc(NC(=O)/C=C\c3ccccc3F)c2)NC(=O)NC1=O. The highest BCUT2D eigenvalue weighted by molar-refractivity contribution is 6.07. The number of halogens is 1. The number of carbonyl (C=O) groups excluding carboxylic acids is 3. The predicted molar refractivity (Wildman–Crippen MR) is 94.5 cm³/mol. The highest BCUT2D eigenvalue weighted by atomic mass is 19.1. The van der Waals surface area contributed by atoms with Crippen molar-refractivity contribution in [2.24, 2.45) is 0 Å². The van der Waals surface area contributed by atoms with Crippen molar-refractivity contribution >= 4 is 29.6 Å². The Balaban J connectivity index is 1.75. The number of anilines is 1. The number of amides is 4. The minimum absolute atomic E-state index is 0.300. The third-order valence-corrected chi connectivity index (χ3v) is 4.07. The zero-order chi connectivity index (χ0) is 18.7. The summed E-state index contributed by atoms with van der Waals surface area (Å²) in [6.07, 6.45) is 2.59. The van der Waals surface area contributed by atoms with Crippen molar-refractivity contribution in [2.45, 2.75) is 12.5 Å². The van der Waals surface area contributed by atoms with E-state index in [1.165, 1.54) is 18.2 Å². The third kappa shape index (κ3) is 3.46. The van der Waals surface area contributed by atoms with Gasteiger partial charge in [-0.05, 0) is 36.8 Å². The van der Waals surface area contributed by atoms with E-state index in [0.717, 1.165) is 0 Å². The topological polar surface area (TPSA) is 87.3 Å². The summed E-state index contributed by atoms with van der Waals surface area (Å²) in [6, 6.07) is 12.1. The van der Waals surface area contributed by atoms with E-state index in [2.05, 4.69) is 16.0 Å². The van der Waals surface area contributed by atoms with Crippen molar-refractivity contribution in [2.75, 3.05) is 5.32 Å². The second-order valence-corrected chi connectivity index (χ2v) is 5.96. The molecule has 0 radical (unpaired) electrons. The molecule has 0 unspecified atom stereocenters. The van der Waals surface area contributed by atoms with Crippen molar-refractivity contribution < 1.29 is 18.8 Å². The molecule has 0 saturated carbocycles. The van der Waals surface area contributed by atoms with Crippen molar-refractivity contribution in [3.05, 3.63) is 71.6 Å². The lowest BCUT2D eigenvalue weighted by molar-refractivity contribution is -0.123. The average Bonchev–Trinajstić information content (AvgIpc) is 2.87. The van der Waals surface area contributed by atoms with Gasteiger partial charge in [-0.25, -0.2) is 9.18 Å². The molecule has 3 rings (SSSR count). The Labute approximate surface area is 149 Å². The number of hydrogen-bond acceptors (Lipinski definition) is 3. The van der Waals surface area contributed by atoms with Gasteiger partial charge in [-0.15, -0.1) is 0 Å². The van der Waals surface area contributed by atoms with Crippen LogP contribution in [0.25, 0.3) is 6.08 Å². The summed E-state index contributed by atoms with van der Waals surface area (Å²) in [7, 11) is 0. The quantitative estimate of drug-likeness (QED) is 0.583. The second kappa shape index (κ2) is 6.79. The standard InChI is InChI=1S/C19H16FN3O3/c1-19(17(25)22-18(26)23-19)13-6-4-7-14(11-13)21-16(24)10-9-12-5-2-3-8-15(12)20/h2-11H,1H3,(H,21,24)(H2,22,23,25,26)/b10-9-/t19-/m1/s1. The normalized spacial score (nSPS) is 19.3. The molecule has 132 valence electrons. The molecule has 6 nitrogen and oxygen atoms in total. The number of nitrogens with one attached hydrogen (secondary N) is 3. The van der Waals surface area contributed by atoms with Crippen molar-refractivity contribution in [1.82, 2.24) is 10.6 Å². The first kappa shape index (κ1) is 17.3. The Bertz CT molecular complexity index is 926. The Morgan fingerprint density at radius 2 is 1.92 bits per heavy atom. The first-order chi connectivity index (χ1) is 12.4. The molecule has 1 aliphatic heterocycles. The van der Waals surface area contributed by atoms with Crippen LogP contribution in [0.15, 0.2) is 54.6 Å². The van der Waals surface area contributed by atoms with E-state index in [1.54, 1.807) is 49.4 Å². The summed E-state index contributed by atoms with van der Waals surface area (Å²) < 4.78 is 13.5. The Hall–Kier alpha value is -3.48. The van der Waals surface area contributed by atoms with Gasteiger partial charge in [0.2, 0.25) is 5.91 Å². The van der Waals surface area contributed by atoms with Gasteiger partial charge in [0.25, 0.3) is 5.91 Å². The van der Waals surface area contributed by atoms with E-state index in [9.17, 15) is 18.8 Å². The van der Waals surface area contributed by atoms with Crippen LogP contribution in [0.3, 0.4) is 0 Å². The number of hydrogen-bond donors (Lipinski definition) is 3. The van der Waals surface area contributed by atoms with Crippen molar-refractivity contribution in [3.63, 3.8) is 0 Å². The van der Waals surface area contributed by atoms with Crippen molar-refractivity contribution in [3.8, 4) is 0 Å². The van der Waals surface area contributed by atoms with Crippen LogP contribution >= 0.6 is 0 Å². The van der Waals surface area contributed by atoms with Crippen LogP contribution in [0.1, 0.15) is 18.1 Å². The Morgan fingerprint density at radius 3 is 2.62 bits per heavy atom. The molecule has 4 amide bonds. The van der Waals surface area contributed by atoms with Gasteiger partial charge in [-0.2, -0.15) is 0 Å². The average molecular weight is 353 g/mol. The second-order valence-electron chi connectivity index (χ2n) is 5.96. The molecule has 1 fully saturated rings. The van der Waals surface area contributed by atoms with Crippen LogP contribution in [0.2, 0.25) is 0 Å². The summed E-state index contributed by atoms with van der Waals surface area (Å²) in [6.45, 7) is 1.58. The molecule has 3 N–H and O–H groups in total. The zero-order valence-corrected chi connectivity index (χ0v) is 13.9. The van der Waals surface area contributed by atoms with Crippen LogP contribution in [-0.2, 0) is 15.1 Å². The maximum absolute atomic E-state index is 13.5. The van der Waals surface area contributed by atoms with Gasteiger partial charge in [0.05, 0.1) is 0 Å². The molecule has 0 bridgehead atoms. The molecule has 1 aliphatic rings. The van der Waals surface area contributed by atoms with Crippen LogP contribution in [-0.4, -0.2) is 17.8 Å². The smallest absolute Gasteiger partial charge is 0.322 e. The van der Waals surface area contributed by atoms with Crippen molar-refractivity contribution in [1.29, 1.82) is 0 Å². The summed E-state index contributed by atoms with van der Waals surface area (Å²) in [5.74, 6) is -1.34. The fourth-order valence-corrected chi connectivity index (χ4v) is 2.61. The third-order valence-electron chi connectivity index (χ3n) is 4.07. The van der Waals surface area contributed by atoms with E-state index < -0.39 is 29.2 Å². The minimum Gasteiger partial charge on any atom is -0.323 e. The first-order valence-electron chi connectivity index (χ1n) is 7.86. The van der Waals surface area contributed by atoms with Crippen LogP contribution in [0, 0.1) is 5.82 Å². The maximum Gasteiger partial charge on any atom is 0.322 e. The molecule has 0 aliphatic carbocycles. The molecule has 7 heteroatoms. The Morgan fingerprint density at radius 1 is 1.15 bits per heavy atom. The molecule has 1 heterocycles. The number of urea groups is 1. The Kier molecular flexibility index (Phi) is 4.53. The van der Waals surface area contributed by atoms with E-state index in [4.69, 9.17) is 0 Å². The lowest BCUT2D eigenvalue weighted by atomic mass is 9.92. The molecule has 26 heavy (non-hydrogen) atoms. The molecule has 1 saturated heterocycles. The predicted octanol–water partition coefficient (Wildman–Crippen LogP) is 2.53. The number of rotatable bonds is 4. The molecule has 2 aromatic carbocycles. The van der Waals surface area contributed by atoms with Gasteiger partial charge in [0, 0.05) is 17.3 Å². The van der Waals surface area contributed by atoms with Gasteiger partial charge < -0.3 is 10.6 Å². The number of benzene rings is 2. The molecule has 0 aromatic heterocycles. The van der Waals surface area contributed by atoms with Gasteiger partial charge in [0.15, 0.2) is 0 Å². The van der Waals surface area contributed by atoms with Gasteiger partial charge in [-0.1, -0.05) is 30.3 Å². The highest BCUT2D eigenvalue weighted by Crippen LogP contribution is 2.26. The van der Waals surface area contributed by atoms with E-state index in [1.807, 2.05) is 0 Å². The number of imide groups is 1. The first-order valence-corrected chi connectivity index (χ1v) is 7.86. The maximum atomic E-state index is 13.5. The molecular weight excluding hydrogens is 337 g/mol. The van der Waals surface area contributed by atoms with Gasteiger partial charge in [-0.3, -0.25) is 14.9 Å². The molecule has 0 spiro atoms. The largest absolute Gasteiger partial charge is 0.323 e. The summed E-state index contributed by atoms with van der Waals surface area (Å²) in [5, 5.41) is 7.39. The lowest BCUT2D eigenvalue weighted by Crippen LogP contribution is -2.40. The van der Waals surface area contributed by atoms with Crippen LogP contribution in [0.4, 0.5) is 14.9 Å². The summed E-state index contributed by atoms with van der Waals surface area (Å²) >= 11 is 0. The summed E-state index contributed by atoms with van der Waals surface area (Å²) in [4.78, 5) is 35.5.